The summed E-state index contributed by atoms with van der Waals surface area (Å²) in [5.74, 6) is 0.554. The number of ether oxygens (including phenoxy) is 1. The molecule has 0 fully saturated rings. The van der Waals surface area contributed by atoms with Gasteiger partial charge in [0.05, 0.1) is 19.3 Å². The molecule has 1 atom stereocenters. The Morgan fingerprint density at radius 1 is 1.42 bits per heavy atom. The Labute approximate surface area is 111 Å². The van der Waals surface area contributed by atoms with Crippen molar-refractivity contribution in [3.63, 3.8) is 0 Å². The summed E-state index contributed by atoms with van der Waals surface area (Å²) in [5.41, 5.74) is 1.31. The molecule has 0 saturated carbocycles. The average molecular weight is 260 g/mol. The third-order valence-electron chi connectivity index (χ3n) is 2.88. The van der Waals surface area contributed by atoms with Crippen molar-refractivity contribution in [1.29, 1.82) is 0 Å². The fourth-order valence-electron chi connectivity index (χ4n) is 1.80. The maximum Gasteiger partial charge on any atom is 0.273 e. The van der Waals surface area contributed by atoms with Crippen LogP contribution in [0.25, 0.3) is 0 Å². The number of rotatable bonds is 5. The number of methoxy groups -OCH3 is 1. The van der Waals surface area contributed by atoms with E-state index < -0.39 is 0 Å². The monoisotopic (exact) mass is 260 g/mol. The number of carbonyl (C=O) groups is 1. The van der Waals surface area contributed by atoms with Crippen molar-refractivity contribution in [3.8, 4) is 5.75 Å². The fourth-order valence-corrected chi connectivity index (χ4v) is 1.80. The minimum atomic E-state index is -0.239. The van der Waals surface area contributed by atoms with Gasteiger partial charge in [-0.1, -0.05) is 19.1 Å². The van der Waals surface area contributed by atoms with Crippen molar-refractivity contribution >= 4 is 5.91 Å². The van der Waals surface area contributed by atoms with Crippen LogP contribution in [0.4, 0.5) is 0 Å². The standard InChI is InChI=1S/C13H16N4O2/c1-3-11(9-4-6-10(19-2)7-5-9)15-13(18)12-8-14-17-16-12/h4-8,11H,3H2,1-2H3,(H,15,18)(H,14,16,17). The van der Waals surface area contributed by atoms with Gasteiger partial charge in [-0.3, -0.25) is 4.79 Å². The molecule has 19 heavy (non-hydrogen) atoms. The first-order chi connectivity index (χ1) is 9.24. The third-order valence-corrected chi connectivity index (χ3v) is 2.88. The predicted octanol–water partition coefficient (Wildman–Crippen LogP) is 1.69. The normalized spacial score (nSPS) is 11.9. The molecule has 2 rings (SSSR count). The molecule has 1 aromatic carbocycles. The molecule has 6 nitrogen and oxygen atoms in total. The van der Waals surface area contributed by atoms with E-state index in [0.29, 0.717) is 0 Å². The van der Waals surface area contributed by atoms with Crippen LogP contribution in [0, 0.1) is 0 Å². The van der Waals surface area contributed by atoms with E-state index >= 15 is 0 Å². The maximum absolute atomic E-state index is 11.9. The lowest BCUT2D eigenvalue weighted by molar-refractivity contribution is 0.0930. The first-order valence-electron chi connectivity index (χ1n) is 6.05. The van der Waals surface area contributed by atoms with Crippen molar-refractivity contribution in [2.24, 2.45) is 0 Å². The number of nitrogens with zero attached hydrogens (tertiary/aromatic N) is 2. The highest BCUT2D eigenvalue weighted by molar-refractivity contribution is 5.92. The second-order valence-corrected chi connectivity index (χ2v) is 4.06. The number of benzene rings is 1. The zero-order valence-corrected chi connectivity index (χ0v) is 10.9. The molecular weight excluding hydrogens is 244 g/mol. The zero-order chi connectivity index (χ0) is 13.7. The van der Waals surface area contributed by atoms with E-state index in [-0.39, 0.29) is 17.6 Å². The smallest absolute Gasteiger partial charge is 0.273 e. The van der Waals surface area contributed by atoms with Crippen LogP contribution in [0.15, 0.2) is 30.5 Å². The largest absolute Gasteiger partial charge is 0.497 e. The first-order valence-corrected chi connectivity index (χ1v) is 6.05. The maximum atomic E-state index is 11.9. The van der Waals surface area contributed by atoms with Crippen molar-refractivity contribution in [1.82, 2.24) is 20.7 Å². The second-order valence-electron chi connectivity index (χ2n) is 4.06. The number of hydrogen-bond acceptors (Lipinski definition) is 4. The van der Waals surface area contributed by atoms with Gasteiger partial charge in [-0.2, -0.15) is 15.4 Å². The molecule has 1 amide bonds. The molecular formula is C13H16N4O2. The molecule has 6 heteroatoms. The number of nitrogens with one attached hydrogen (secondary N) is 2. The van der Waals surface area contributed by atoms with Gasteiger partial charge >= 0.3 is 0 Å². The van der Waals surface area contributed by atoms with Crippen LogP contribution in [-0.4, -0.2) is 28.4 Å². The summed E-state index contributed by atoms with van der Waals surface area (Å²) in [6, 6.07) is 7.57. The number of amides is 1. The molecule has 0 aliphatic rings. The van der Waals surface area contributed by atoms with Crippen molar-refractivity contribution in [3.05, 3.63) is 41.7 Å². The van der Waals surface area contributed by atoms with Crippen LogP contribution < -0.4 is 10.1 Å². The second kappa shape index (κ2) is 5.99. The number of carbonyl (C=O) groups excluding carboxylic acids is 1. The van der Waals surface area contributed by atoms with Crippen molar-refractivity contribution < 1.29 is 9.53 Å². The highest BCUT2D eigenvalue weighted by Gasteiger charge is 2.15. The summed E-state index contributed by atoms with van der Waals surface area (Å²) >= 11 is 0. The molecule has 0 aliphatic carbocycles. The quantitative estimate of drug-likeness (QED) is 0.857. The Bertz CT molecular complexity index is 522. The Kier molecular flexibility index (Phi) is 4.12. The summed E-state index contributed by atoms with van der Waals surface area (Å²) in [4.78, 5) is 11.9. The number of hydrogen-bond donors (Lipinski definition) is 2. The summed E-state index contributed by atoms with van der Waals surface area (Å²) in [6.45, 7) is 2.01. The van der Waals surface area contributed by atoms with Crippen LogP contribution in [0.3, 0.4) is 0 Å². The lowest BCUT2D eigenvalue weighted by atomic mass is 10.0. The average Bonchev–Trinajstić information content (AvgIpc) is 2.99. The van der Waals surface area contributed by atoms with Crippen LogP contribution in [0.2, 0.25) is 0 Å². The van der Waals surface area contributed by atoms with Gasteiger partial charge in [-0.25, -0.2) is 0 Å². The third kappa shape index (κ3) is 3.09. The van der Waals surface area contributed by atoms with Gasteiger partial charge in [0.25, 0.3) is 5.91 Å². The molecule has 0 spiro atoms. The van der Waals surface area contributed by atoms with E-state index in [0.717, 1.165) is 17.7 Å². The molecule has 100 valence electrons. The van der Waals surface area contributed by atoms with E-state index in [9.17, 15) is 4.79 Å². The van der Waals surface area contributed by atoms with Crippen LogP contribution >= 0.6 is 0 Å². The Balaban J connectivity index is 2.09. The molecule has 1 heterocycles. The molecule has 1 aromatic heterocycles. The molecule has 0 radical (unpaired) electrons. The summed E-state index contributed by atoms with van der Waals surface area (Å²) < 4.78 is 5.11. The molecule has 0 aliphatic heterocycles. The van der Waals surface area contributed by atoms with E-state index in [1.807, 2.05) is 31.2 Å². The SMILES string of the molecule is CCC(NC(=O)c1cn[nH]n1)c1ccc(OC)cc1. The lowest BCUT2D eigenvalue weighted by Gasteiger charge is -2.17. The van der Waals surface area contributed by atoms with Gasteiger partial charge in [0.2, 0.25) is 0 Å². The fraction of sp³-hybridized carbons (Fsp3) is 0.308. The number of aromatic amines is 1. The predicted molar refractivity (Wildman–Crippen MR) is 69.9 cm³/mol. The summed E-state index contributed by atoms with van der Waals surface area (Å²) in [5, 5.41) is 12.7. The summed E-state index contributed by atoms with van der Waals surface area (Å²) in [6.07, 6.45) is 2.19. The van der Waals surface area contributed by atoms with Crippen LogP contribution in [0.1, 0.15) is 35.4 Å². The van der Waals surface area contributed by atoms with E-state index in [2.05, 4.69) is 20.7 Å². The summed E-state index contributed by atoms with van der Waals surface area (Å²) in [7, 11) is 1.62. The van der Waals surface area contributed by atoms with E-state index in [1.54, 1.807) is 7.11 Å². The van der Waals surface area contributed by atoms with Gasteiger partial charge in [-0.15, -0.1) is 0 Å². The Morgan fingerprint density at radius 2 is 2.16 bits per heavy atom. The van der Waals surface area contributed by atoms with Gasteiger partial charge in [-0.05, 0) is 24.1 Å². The minimum absolute atomic E-state index is 0.0601. The van der Waals surface area contributed by atoms with Crippen LogP contribution in [-0.2, 0) is 0 Å². The number of H-pyrrole nitrogens is 1. The molecule has 2 aromatic rings. The Morgan fingerprint density at radius 3 is 2.68 bits per heavy atom. The molecule has 2 N–H and O–H groups in total. The van der Waals surface area contributed by atoms with Gasteiger partial charge in [0.15, 0.2) is 5.69 Å². The molecule has 1 unspecified atom stereocenters. The zero-order valence-electron chi connectivity index (χ0n) is 10.9. The first kappa shape index (κ1) is 13.1. The van der Waals surface area contributed by atoms with Gasteiger partial charge < -0.3 is 10.1 Å². The molecule has 0 bridgehead atoms. The Hall–Kier alpha value is -2.37. The van der Waals surface area contributed by atoms with Crippen LogP contribution in [0.5, 0.6) is 5.75 Å². The van der Waals surface area contributed by atoms with Gasteiger partial charge in [0, 0.05) is 0 Å². The van der Waals surface area contributed by atoms with E-state index in [4.69, 9.17) is 4.74 Å². The topological polar surface area (TPSA) is 79.9 Å². The lowest BCUT2D eigenvalue weighted by Crippen LogP contribution is -2.28. The van der Waals surface area contributed by atoms with Crippen molar-refractivity contribution in [2.75, 3.05) is 7.11 Å². The molecule has 0 saturated heterocycles. The highest BCUT2D eigenvalue weighted by Crippen LogP contribution is 2.20. The van der Waals surface area contributed by atoms with Gasteiger partial charge in [0.1, 0.15) is 5.75 Å². The minimum Gasteiger partial charge on any atom is -0.497 e. The highest BCUT2D eigenvalue weighted by atomic mass is 16.5. The number of aromatic nitrogens is 3. The van der Waals surface area contributed by atoms with E-state index in [1.165, 1.54) is 6.20 Å². The van der Waals surface area contributed by atoms with Crippen molar-refractivity contribution in [2.45, 2.75) is 19.4 Å².